The first-order valence-corrected chi connectivity index (χ1v) is 6.13. The average Bonchev–Trinajstić information content (AvgIpc) is 2.97. The molecule has 1 fully saturated rings. The third-order valence-corrected chi connectivity index (χ3v) is 3.38. The second-order valence-corrected chi connectivity index (χ2v) is 5.60. The number of hydrogen-bond donors (Lipinski definition) is 2. The van der Waals surface area contributed by atoms with Gasteiger partial charge >= 0.3 is 0 Å². The number of carbonyl (C=O) groups is 1. The molecule has 4 heteroatoms. The maximum atomic E-state index is 11.4. The van der Waals surface area contributed by atoms with E-state index in [0.29, 0.717) is 18.4 Å². The quantitative estimate of drug-likeness (QED) is 0.667. The standard InChI is InChI=1S/C12H25N3O/c1-9(2)6-7-15(3)8-12(14,11(13)16)10-4-5-10/h9-10H,4-8,14H2,1-3H3,(H2,13,16). The van der Waals surface area contributed by atoms with Crippen LogP contribution in [0.4, 0.5) is 0 Å². The van der Waals surface area contributed by atoms with Gasteiger partial charge in [-0.1, -0.05) is 13.8 Å². The van der Waals surface area contributed by atoms with Crippen molar-refractivity contribution in [3.8, 4) is 0 Å². The molecule has 4 nitrogen and oxygen atoms in total. The predicted octanol–water partition coefficient (Wildman–Crippen LogP) is 0.557. The minimum Gasteiger partial charge on any atom is -0.368 e. The summed E-state index contributed by atoms with van der Waals surface area (Å²) in [6.07, 6.45) is 3.20. The summed E-state index contributed by atoms with van der Waals surface area (Å²) in [6, 6.07) is 0. The summed E-state index contributed by atoms with van der Waals surface area (Å²) in [7, 11) is 2.01. The molecule has 16 heavy (non-hydrogen) atoms. The van der Waals surface area contributed by atoms with E-state index < -0.39 is 5.54 Å². The summed E-state index contributed by atoms with van der Waals surface area (Å²) >= 11 is 0. The van der Waals surface area contributed by atoms with Gasteiger partial charge < -0.3 is 16.4 Å². The topological polar surface area (TPSA) is 72.3 Å². The second-order valence-electron chi connectivity index (χ2n) is 5.60. The normalized spacial score (nSPS) is 20.1. The van der Waals surface area contributed by atoms with E-state index in [1.807, 2.05) is 7.05 Å². The van der Waals surface area contributed by atoms with Crippen LogP contribution in [0.15, 0.2) is 0 Å². The van der Waals surface area contributed by atoms with Gasteiger partial charge in [-0.15, -0.1) is 0 Å². The molecule has 0 radical (unpaired) electrons. The number of primary amides is 1. The van der Waals surface area contributed by atoms with Crippen molar-refractivity contribution in [1.82, 2.24) is 4.90 Å². The molecule has 0 aliphatic heterocycles. The Hall–Kier alpha value is -0.610. The zero-order chi connectivity index (χ0) is 12.3. The van der Waals surface area contributed by atoms with Crippen molar-refractivity contribution in [3.63, 3.8) is 0 Å². The fourth-order valence-corrected chi connectivity index (χ4v) is 2.01. The van der Waals surface area contributed by atoms with Crippen LogP contribution >= 0.6 is 0 Å². The fraction of sp³-hybridized carbons (Fsp3) is 0.917. The van der Waals surface area contributed by atoms with Crippen LogP contribution < -0.4 is 11.5 Å². The van der Waals surface area contributed by atoms with Gasteiger partial charge in [0.15, 0.2) is 0 Å². The summed E-state index contributed by atoms with van der Waals surface area (Å²) < 4.78 is 0. The van der Waals surface area contributed by atoms with Gasteiger partial charge in [0.25, 0.3) is 0 Å². The number of nitrogens with two attached hydrogens (primary N) is 2. The van der Waals surface area contributed by atoms with E-state index >= 15 is 0 Å². The monoisotopic (exact) mass is 227 g/mol. The summed E-state index contributed by atoms with van der Waals surface area (Å²) in [5.74, 6) is 0.613. The number of carbonyl (C=O) groups excluding carboxylic acids is 1. The van der Waals surface area contributed by atoms with Gasteiger partial charge in [0.2, 0.25) is 5.91 Å². The first kappa shape index (κ1) is 13.5. The lowest BCUT2D eigenvalue weighted by Crippen LogP contribution is -2.60. The highest BCUT2D eigenvalue weighted by Gasteiger charge is 2.47. The highest BCUT2D eigenvalue weighted by molar-refractivity contribution is 5.85. The third-order valence-electron chi connectivity index (χ3n) is 3.38. The van der Waals surface area contributed by atoms with Gasteiger partial charge in [0.1, 0.15) is 5.54 Å². The van der Waals surface area contributed by atoms with E-state index in [9.17, 15) is 4.79 Å². The van der Waals surface area contributed by atoms with Crippen molar-refractivity contribution < 1.29 is 4.79 Å². The molecule has 1 amide bonds. The van der Waals surface area contributed by atoms with Gasteiger partial charge in [-0.05, 0) is 44.7 Å². The molecule has 1 rings (SSSR count). The third kappa shape index (κ3) is 3.46. The Morgan fingerprint density at radius 3 is 2.44 bits per heavy atom. The molecule has 4 N–H and O–H groups in total. The average molecular weight is 227 g/mol. The Balaban J connectivity index is 2.45. The van der Waals surface area contributed by atoms with Gasteiger partial charge in [0.05, 0.1) is 0 Å². The largest absolute Gasteiger partial charge is 0.368 e. The second kappa shape index (κ2) is 5.15. The molecule has 0 saturated heterocycles. The van der Waals surface area contributed by atoms with E-state index in [0.717, 1.165) is 25.8 Å². The van der Waals surface area contributed by atoms with Gasteiger partial charge in [0, 0.05) is 6.54 Å². The highest BCUT2D eigenvalue weighted by atomic mass is 16.1. The Morgan fingerprint density at radius 2 is 2.06 bits per heavy atom. The molecule has 0 aromatic carbocycles. The molecule has 0 bridgehead atoms. The molecule has 1 saturated carbocycles. The van der Waals surface area contributed by atoms with Crippen molar-refractivity contribution in [3.05, 3.63) is 0 Å². The summed E-state index contributed by atoms with van der Waals surface area (Å²) in [5.41, 5.74) is 10.7. The van der Waals surface area contributed by atoms with Crippen LogP contribution in [0.5, 0.6) is 0 Å². The smallest absolute Gasteiger partial charge is 0.239 e. The minimum absolute atomic E-state index is 0.298. The SMILES string of the molecule is CC(C)CCN(C)CC(N)(C(N)=O)C1CC1. The van der Waals surface area contributed by atoms with Crippen LogP contribution in [0, 0.1) is 11.8 Å². The van der Waals surface area contributed by atoms with Crippen LogP contribution in [-0.4, -0.2) is 36.5 Å². The summed E-state index contributed by atoms with van der Waals surface area (Å²) in [6.45, 7) is 5.94. The first-order valence-electron chi connectivity index (χ1n) is 6.13. The van der Waals surface area contributed by atoms with E-state index in [2.05, 4.69) is 18.7 Å². The molecule has 1 unspecified atom stereocenters. The Morgan fingerprint density at radius 1 is 1.50 bits per heavy atom. The highest BCUT2D eigenvalue weighted by Crippen LogP contribution is 2.38. The van der Waals surface area contributed by atoms with Crippen molar-refractivity contribution in [2.24, 2.45) is 23.3 Å². The van der Waals surface area contributed by atoms with Gasteiger partial charge in [-0.25, -0.2) is 0 Å². The first-order chi connectivity index (χ1) is 7.36. The van der Waals surface area contributed by atoms with E-state index in [1.54, 1.807) is 0 Å². The molecular weight excluding hydrogens is 202 g/mol. The lowest BCUT2D eigenvalue weighted by atomic mass is 9.93. The molecule has 1 aliphatic rings. The van der Waals surface area contributed by atoms with Crippen molar-refractivity contribution in [2.75, 3.05) is 20.1 Å². The zero-order valence-corrected chi connectivity index (χ0v) is 10.7. The molecule has 1 aliphatic carbocycles. The molecule has 0 aromatic rings. The Labute approximate surface area is 98.3 Å². The molecule has 0 aromatic heterocycles. The van der Waals surface area contributed by atoms with Crippen LogP contribution in [0.25, 0.3) is 0 Å². The predicted molar refractivity (Wildman–Crippen MR) is 65.8 cm³/mol. The maximum absolute atomic E-state index is 11.4. The fourth-order valence-electron chi connectivity index (χ4n) is 2.01. The summed E-state index contributed by atoms with van der Waals surface area (Å²) in [4.78, 5) is 13.6. The lowest BCUT2D eigenvalue weighted by Gasteiger charge is -2.31. The Bertz CT molecular complexity index is 251. The zero-order valence-electron chi connectivity index (χ0n) is 10.7. The maximum Gasteiger partial charge on any atom is 0.239 e. The van der Waals surface area contributed by atoms with E-state index in [4.69, 9.17) is 11.5 Å². The van der Waals surface area contributed by atoms with E-state index in [1.165, 1.54) is 0 Å². The molecule has 0 heterocycles. The van der Waals surface area contributed by atoms with Gasteiger partial charge in [-0.2, -0.15) is 0 Å². The minimum atomic E-state index is -0.814. The number of hydrogen-bond acceptors (Lipinski definition) is 3. The van der Waals surface area contributed by atoms with Crippen LogP contribution in [0.3, 0.4) is 0 Å². The number of likely N-dealkylation sites (N-methyl/N-ethyl adjacent to an activating group) is 1. The van der Waals surface area contributed by atoms with Crippen LogP contribution in [-0.2, 0) is 4.79 Å². The van der Waals surface area contributed by atoms with Crippen LogP contribution in [0.2, 0.25) is 0 Å². The van der Waals surface area contributed by atoms with Crippen molar-refractivity contribution in [2.45, 2.75) is 38.6 Å². The van der Waals surface area contributed by atoms with Crippen molar-refractivity contribution >= 4 is 5.91 Å². The molecule has 1 atom stereocenters. The van der Waals surface area contributed by atoms with Crippen LogP contribution in [0.1, 0.15) is 33.1 Å². The van der Waals surface area contributed by atoms with E-state index in [-0.39, 0.29) is 5.91 Å². The molecular formula is C12H25N3O. The number of rotatable bonds is 7. The molecule has 94 valence electrons. The number of amides is 1. The Kier molecular flexibility index (Phi) is 4.33. The summed E-state index contributed by atoms with van der Waals surface area (Å²) in [5, 5.41) is 0. The number of nitrogens with zero attached hydrogens (tertiary/aromatic N) is 1. The van der Waals surface area contributed by atoms with Crippen molar-refractivity contribution in [1.29, 1.82) is 0 Å². The lowest BCUT2D eigenvalue weighted by molar-refractivity contribution is -0.124. The van der Waals surface area contributed by atoms with Gasteiger partial charge in [-0.3, -0.25) is 4.79 Å². The molecule has 0 spiro atoms.